The summed E-state index contributed by atoms with van der Waals surface area (Å²) in [4.78, 5) is 0. The van der Waals surface area contributed by atoms with Crippen molar-refractivity contribution >= 4 is 23.2 Å². The van der Waals surface area contributed by atoms with Crippen LogP contribution in [0.5, 0.6) is 0 Å². The molecule has 1 fully saturated rings. The normalized spacial score (nSPS) is 17.3. The molecule has 0 amide bonds. The van der Waals surface area contributed by atoms with Crippen molar-refractivity contribution in [2.75, 3.05) is 26.8 Å². The van der Waals surface area contributed by atoms with E-state index in [1.54, 1.807) is 7.11 Å². The third kappa shape index (κ3) is 5.45. The fourth-order valence-electron chi connectivity index (χ4n) is 3.27. The van der Waals surface area contributed by atoms with E-state index in [0.717, 1.165) is 32.0 Å². The minimum absolute atomic E-state index is 0.635. The van der Waals surface area contributed by atoms with Crippen LogP contribution in [0.25, 0.3) is 0 Å². The molecule has 21 heavy (non-hydrogen) atoms. The summed E-state index contributed by atoms with van der Waals surface area (Å²) in [6.45, 7) is 2.74. The molecule has 2 rings (SSSR count). The van der Waals surface area contributed by atoms with Gasteiger partial charge >= 0.3 is 0 Å². The Bertz CT molecular complexity index is 433. The number of benzene rings is 1. The molecule has 1 unspecified atom stereocenters. The van der Waals surface area contributed by atoms with Crippen molar-refractivity contribution in [3.8, 4) is 0 Å². The van der Waals surface area contributed by atoms with Gasteiger partial charge < -0.3 is 10.1 Å². The lowest BCUT2D eigenvalue weighted by Gasteiger charge is -2.24. The van der Waals surface area contributed by atoms with Gasteiger partial charge in [-0.15, -0.1) is 0 Å². The van der Waals surface area contributed by atoms with Gasteiger partial charge in [-0.3, -0.25) is 0 Å². The minimum Gasteiger partial charge on any atom is -0.383 e. The number of hydrogen-bond donors (Lipinski definition) is 1. The third-order valence-corrected chi connectivity index (χ3v) is 5.18. The molecular formula is C17H25Cl2NO. The van der Waals surface area contributed by atoms with Crippen molar-refractivity contribution in [3.05, 3.63) is 33.8 Å². The molecule has 0 aliphatic heterocycles. The average Bonchev–Trinajstić information content (AvgIpc) is 3.00. The first-order chi connectivity index (χ1) is 10.2. The summed E-state index contributed by atoms with van der Waals surface area (Å²) in [6, 6.07) is 6.02. The molecule has 1 aromatic carbocycles. The first-order valence-electron chi connectivity index (χ1n) is 7.84. The highest BCUT2D eigenvalue weighted by Gasteiger charge is 2.25. The second-order valence-electron chi connectivity index (χ2n) is 5.95. The summed E-state index contributed by atoms with van der Waals surface area (Å²) in [5.41, 5.74) is 1.29. The van der Waals surface area contributed by atoms with Crippen LogP contribution >= 0.6 is 23.2 Å². The molecule has 0 bridgehead atoms. The van der Waals surface area contributed by atoms with Gasteiger partial charge in [0.05, 0.1) is 16.7 Å². The number of methoxy groups -OCH3 is 1. The zero-order chi connectivity index (χ0) is 15.1. The average molecular weight is 330 g/mol. The molecule has 1 aromatic rings. The van der Waals surface area contributed by atoms with Crippen LogP contribution < -0.4 is 5.32 Å². The smallest absolute Gasteiger partial charge is 0.0595 e. The minimum atomic E-state index is 0.635. The molecular weight excluding hydrogens is 305 g/mol. The lowest BCUT2D eigenvalue weighted by atomic mass is 9.85. The van der Waals surface area contributed by atoms with Crippen molar-refractivity contribution in [1.82, 2.24) is 5.32 Å². The fourth-order valence-corrected chi connectivity index (χ4v) is 3.59. The Morgan fingerprint density at radius 3 is 2.67 bits per heavy atom. The molecule has 1 N–H and O–H groups in total. The van der Waals surface area contributed by atoms with Crippen molar-refractivity contribution in [1.29, 1.82) is 0 Å². The maximum atomic E-state index is 6.14. The van der Waals surface area contributed by atoms with Crippen LogP contribution in [0.1, 0.15) is 31.2 Å². The van der Waals surface area contributed by atoms with Gasteiger partial charge in [0.15, 0.2) is 0 Å². The summed E-state index contributed by atoms with van der Waals surface area (Å²) in [6.07, 6.45) is 6.54. The zero-order valence-corrected chi connectivity index (χ0v) is 14.2. The monoisotopic (exact) mass is 329 g/mol. The molecule has 0 spiro atoms. The van der Waals surface area contributed by atoms with Gasteiger partial charge in [0.2, 0.25) is 0 Å². The number of nitrogens with one attached hydrogen (secondary N) is 1. The molecule has 1 saturated carbocycles. The molecule has 2 nitrogen and oxygen atoms in total. The van der Waals surface area contributed by atoms with Crippen LogP contribution in [0.3, 0.4) is 0 Å². The van der Waals surface area contributed by atoms with Gasteiger partial charge in [0.1, 0.15) is 0 Å². The van der Waals surface area contributed by atoms with Crippen molar-refractivity contribution in [2.24, 2.45) is 11.8 Å². The molecule has 1 aliphatic rings. The van der Waals surface area contributed by atoms with Crippen LogP contribution in [0.2, 0.25) is 10.0 Å². The maximum absolute atomic E-state index is 6.14. The lowest BCUT2D eigenvalue weighted by Crippen LogP contribution is -2.31. The SMILES string of the molecule is COCCNCC(Cc1ccc(Cl)c(Cl)c1)C1CCCC1. The van der Waals surface area contributed by atoms with Crippen molar-refractivity contribution in [3.63, 3.8) is 0 Å². The summed E-state index contributed by atoms with van der Waals surface area (Å²) >= 11 is 12.1. The van der Waals surface area contributed by atoms with Gasteiger partial charge in [-0.25, -0.2) is 0 Å². The van der Waals surface area contributed by atoms with E-state index in [4.69, 9.17) is 27.9 Å². The standard InChI is InChI=1S/C17H25Cl2NO/c1-21-9-8-20-12-15(14-4-2-3-5-14)10-13-6-7-16(18)17(19)11-13/h6-7,11,14-15,20H,2-5,8-10,12H2,1H3. The zero-order valence-electron chi connectivity index (χ0n) is 12.7. The van der Waals surface area contributed by atoms with Crippen LogP contribution in [0.15, 0.2) is 18.2 Å². The number of halogens is 2. The fraction of sp³-hybridized carbons (Fsp3) is 0.647. The van der Waals surface area contributed by atoms with E-state index in [-0.39, 0.29) is 0 Å². The van der Waals surface area contributed by atoms with E-state index >= 15 is 0 Å². The number of hydrogen-bond acceptors (Lipinski definition) is 2. The maximum Gasteiger partial charge on any atom is 0.0595 e. The first kappa shape index (κ1) is 17.1. The second kappa shape index (κ2) is 8.99. The molecule has 0 aromatic heterocycles. The highest BCUT2D eigenvalue weighted by Crippen LogP contribution is 2.34. The predicted octanol–water partition coefficient (Wildman–Crippen LogP) is 4.58. The van der Waals surface area contributed by atoms with Gasteiger partial charge in [-0.2, -0.15) is 0 Å². The molecule has 0 saturated heterocycles. The molecule has 118 valence electrons. The first-order valence-corrected chi connectivity index (χ1v) is 8.60. The lowest BCUT2D eigenvalue weighted by molar-refractivity contribution is 0.195. The van der Waals surface area contributed by atoms with Crippen molar-refractivity contribution < 1.29 is 4.74 Å². The van der Waals surface area contributed by atoms with E-state index in [9.17, 15) is 0 Å². The summed E-state index contributed by atoms with van der Waals surface area (Å²) < 4.78 is 5.10. The Balaban J connectivity index is 1.95. The van der Waals surface area contributed by atoms with E-state index in [0.29, 0.717) is 16.0 Å². The van der Waals surface area contributed by atoms with Crippen LogP contribution in [0.4, 0.5) is 0 Å². The molecule has 0 radical (unpaired) electrons. The van der Waals surface area contributed by atoms with Crippen LogP contribution in [0, 0.1) is 11.8 Å². The Hall–Kier alpha value is -0.280. The van der Waals surface area contributed by atoms with Crippen LogP contribution in [-0.2, 0) is 11.2 Å². The Labute approximate surface area is 138 Å². The highest BCUT2D eigenvalue weighted by atomic mass is 35.5. The van der Waals surface area contributed by atoms with Gasteiger partial charge in [-0.1, -0.05) is 55.0 Å². The molecule has 1 aliphatic carbocycles. The highest BCUT2D eigenvalue weighted by molar-refractivity contribution is 6.42. The van der Waals surface area contributed by atoms with E-state index < -0.39 is 0 Å². The van der Waals surface area contributed by atoms with Gasteiger partial charge in [-0.05, 0) is 42.5 Å². The molecule has 0 heterocycles. The van der Waals surface area contributed by atoms with Gasteiger partial charge in [0, 0.05) is 13.7 Å². The third-order valence-electron chi connectivity index (χ3n) is 4.44. The number of rotatable bonds is 8. The van der Waals surface area contributed by atoms with E-state index in [2.05, 4.69) is 11.4 Å². The Morgan fingerprint density at radius 1 is 1.24 bits per heavy atom. The number of ether oxygens (including phenoxy) is 1. The van der Waals surface area contributed by atoms with E-state index in [1.165, 1.54) is 31.2 Å². The molecule has 1 atom stereocenters. The van der Waals surface area contributed by atoms with Crippen LogP contribution in [-0.4, -0.2) is 26.8 Å². The summed E-state index contributed by atoms with van der Waals surface area (Å²) in [7, 11) is 1.74. The predicted molar refractivity (Wildman–Crippen MR) is 90.4 cm³/mol. The second-order valence-corrected chi connectivity index (χ2v) is 6.77. The quantitative estimate of drug-likeness (QED) is 0.705. The Kier molecular flexibility index (Phi) is 7.31. The molecule has 4 heteroatoms. The summed E-state index contributed by atoms with van der Waals surface area (Å²) in [5, 5.41) is 4.82. The van der Waals surface area contributed by atoms with E-state index in [1.807, 2.05) is 12.1 Å². The topological polar surface area (TPSA) is 21.3 Å². The largest absolute Gasteiger partial charge is 0.383 e. The van der Waals surface area contributed by atoms with Gasteiger partial charge in [0.25, 0.3) is 0 Å². The Morgan fingerprint density at radius 2 is 2.00 bits per heavy atom. The van der Waals surface area contributed by atoms with Crippen molar-refractivity contribution in [2.45, 2.75) is 32.1 Å². The summed E-state index contributed by atoms with van der Waals surface area (Å²) in [5.74, 6) is 1.50.